The number of hydrogen-bond acceptors (Lipinski definition) is 6. The number of aliphatic hydroxyl groups excluding tert-OH is 1. The van der Waals surface area contributed by atoms with E-state index in [0.29, 0.717) is 27.1 Å². The summed E-state index contributed by atoms with van der Waals surface area (Å²) in [6.45, 7) is 0.0197. The van der Waals surface area contributed by atoms with Crippen LogP contribution in [0, 0.1) is 0 Å². The maximum atomic E-state index is 12.9. The molecule has 1 unspecified atom stereocenters. The zero-order valence-electron chi connectivity index (χ0n) is 15.8. The van der Waals surface area contributed by atoms with Gasteiger partial charge in [0.1, 0.15) is 6.54 Å². The van der Waals surface area contributed by atoms with Crippen LogP contribution in [0.2, 0.25) is 5.02 Å². The Morgan fingerprint density at radius 3 is 2.43 bits per heavy atom. The van der Waals surface area contributed by atoms with Crippen LogP contribution in [0.5, 0.6) is 0 Å². The van der Waals surface area contributed by atoms with Crippen molar-refractivity contribution in [2.24, 2.45) is 0 Å². The lowest BCUT2D eigenvalue weighted by atomic mass is 10.2. The van der Waals surface area contributed by atoms with Gasteiger partial charge >= 0.3 is 28.4 Å². The number of aliphatic hydroxyl groups is 1. The van der Waals surface area contributed by atoms with Crippen LogP contribution in [0.25, 0.3) is 11.4 Å². The molecular formula is C16H15AlClF3N6O3. The molecule has 1 aromatic carbocycles. The molecule has 0 aliphatic carbocycles. The molecule has 9 nitrogen and oxygen atoms in total. The third-order valence-corrected chi connectivity index (χ3v) is 5.05. The zero-order chi connectivity index (χ0) is 22.2. The van der Waals surface area contributed by atoms with Crippen molar-refractivity contribution in [2.45, 2.75) is 32.3 Å². The van der Waals surface area contributed by atoms with Crippen LogP contribution >= 0.6 is 11.6 Å². The summed E-state index contributed by atoms with van der Waals surface area (Å²) in [7, 11) is 0. The quantitative estimate of drug-likeness (QED) is 0.426. The number of carbonyl (C=O) groups excluding carboxylic acids is 1. The third-order valence-electron chi connectivity index (χ3n) is 4.17. The van der Waals surface area contributed by atoms with Crippen LogP contribution in [0.3, 0.4) is 0 Å². The van der Waals surface area contributed by atoms with Gasteiger partial charge in [0, 0.05) is 17.5 Å². The normalized spacial score (nSPS) is 12.9. The molecular weight excluding hydrogens is 444 g/mol. The lowest BCUT2D eigenvalue weighted by molar-refractivity contribution is -0.207. The Bertz CT molecular complexity index is 1140. The van der Waals surface area contributed by atoms with Crippen LogP contribution in [0.4, 0.5) is 13.2 Å². The smallest absolute Gasteiger partial charge is 0.382 e. The van der Waals surface area contributed by atoms with Gasteiger partial charge in [-0.2, -0.15) is 18.3 Å². The number of halogens is 4. The summed E-state index contributed by atoms with van der Waals surface area (Å²) in [6.07, 6.45) is -7.68. The van der Waals surface area contributed by atoms with E-state index < -0.39 is 24.5 Å². The predicted octanol–water partition coefficient (Wildman–Crippen LogP) is 0.527. The molecule has 0 saturated heterocycles. The van der Waals surface area contributed by atoms with E-state index in [2.05, 4.69) is 15.2 Å². The summed E-state index contributed by atoms with van der Waals surface area (Å²) in [6, 6.07) is 5.97. The van der Waals surface area contributed by atoms with Crippen molar-refractivity contribution in [1.82, 2.24) is 28.1 Å². The number of rotatable bonds is 6. The standard InChI is InChI=1S/C16H14ClF3N6O3.Al.2H/c1-8(27)13-21-12(22-23-13)7-26-15(29)25(6-11(28)16(18,19)20)14(24-26)9-2-4-10(17)5-3-9;;;/h2-5,11,28H,6-7H2,1H3,(H,21,22,23,27);;;/q;+1;;/p-1. The molecule has 3 rings (SSSR count). The number of hydrogen-bond donors (Lipinski definition) is 1. The summed E-state index contributed by atoms with van der Waals surface area (Å²) in [4.78, 5) is 28.4. The summed E-state index contributed by atoms with van der Waals surface area (Å²) < 4.78 is 41.6. The van der Waals surface area contributed by atoms with Gasteiger partial charge in [0.25, 0.3) is 0 Å². The number of aromatic nitrogens is 6. The second-order valence-corrected chi connectivity index (χ2v) is 7.75. The number of alkyl halides is 3. The monoisotopic (exact) mass is 458 g/mol. The molecule has 2 heterocycles. The summed E-state index contributed by atoms with van der Waals surface area (Å²) in [5, 5.41) is 18.1. The second-order valence-electron chi connectivity index (χ2n) is 6.47. The van der Waals surface area contributed by atoms with E-state index in [9.17, 15) is 27.9 Å². The highest BCUT2D eigenvalue weighted by Gasteiger charge is 2.39. The van der Waals surface area contributed by atoms with E-state index in [0.717, 1.165) is 9.25 Å². The number of benzene rings is 1. The van der Waals surface area contributed by atoms with Crippen LogP contribution in [-0.4, -0.2) is 67.8 Å². The topological polar surface area (TPSA) is 108 Å². The van der Waals surface area contributed by atoms with E-state index in [-0.39, 0.29) is 29.8 Å². The highest BCUT2D eigenvalue weighted by Crippen LogP contribution is 2.24. The van der Waals surface area contributed by atoms with Gasteiger partial charge in [-0.1, -0.05) is 11.6 Å². The molecule has 0 aliphatic rings. The number of nitrogens with zero attached hydrogens (tertiary/aromatic N) is 6. The Morgan fingerprint density at radius 1 is 1.27 bits per heavy atom. The van der Waals surface area contributed by atoms with Crippen molar-refractivity contribution in [3.8, 4) is 11.4 Å². The van der Waals surface area contributed by atoms with Gasteiger partial charge < -0.3 is 8.77 Å². The highest BCUT2D eigenvalue weighted by atomic mass is 35.5. The van der Waals surface area contributed by atoms with E-state index in [4.69, 9.17) is 11.6 Å². The Kier molecular flexibility index (Phi) is 6.19. The fourth-order valence-corrected chi connectivity index (χ4v) is 3.51. The average Bonchev–Trinajstić information content (AvgIpc) is 3.16. The molecule has 158 valence electrons. The molecule has 0 aliphatic heterocycles. The van der Waals surface area contributed by atoms with Gasteiger partial charge in [-0.15, -0.1) is 5.10 Å². The van der Waals surface area contributed by atoms with Crippen molar-refractivity contribution in [3.63, 3.8) is 0 Å². The Labute approximate surface area is 180 Å². The van der Waals surface area contributed by atoms with Gasteiger partial charge in [0.05, 0.1) is 6.54 Å². The van der Waals surface area contributed by atoms with E-state index in [1.807, 2.05) is 0 Å². The van der Waals surface area contributed by atoms with Gasteiger partial charge in [-0.3, -0.25) is 9.36 Å². The molecule has 14 heteroatoms. The molecule has 0 bridgehead atoms. The predicted molar refractivity (Wildman–Crippen MR) is 102 cm³/mol. The fraction of sp³-hybridized carbons (Fsp3) is 0.312. The van der Waals surface area contributed by atoms with Crippen LogP contribution in [-0.2, 0) is 13.1 Å². The maximum Gasteiger partial charge on any atom is 0.416 e. The molecule has 1 N–H and O–H groups in total. The van der Waals surface area contributed by atoms with Crippen LogP contribution < -0.4 is 5.69 Å². The first kappa shape index (κ1) is 22.2. The number of ketones is 1. The van der Waals surface area contributed by atoms with Crippen molar-refractivity contribution in [2.75, 3.05) is 0 Å². The Morgan fingerprint density at radius 2 is 1.90 bits per heavy atom. The van der Waals surface area contributed by atoms with Crippen LogP contribution in [0.15, 0.2) is 29.1 Å². The largest absolute Gasteiger partial charge is 0.416 e. The molecule has 0 saturated carbocycles. The minimum Gasteiger partial charge on any atom is -0.382 e. The van der Waals surface area contributed by atoms with Crippen molar-refractivity contribution in [3.05, 3.63) is 51.4 Å². The minimum absolute atomic E-state index is 0.0861. The highest BCUT2D eigenvalue weighted by molar-refractivity contribution is 6.30. The zero-order valence-corrected chi connectivity index (χ0v) is 18.5. The maximum absolute atomic E-state index is 12.9. The van der Waals surface area contributed by atoms with E-state index in [1.165, 1.54) is 34.9 Å². The number of carbonyl (C=O) groups is 1. The SMILES string of the molecule is CC(=O)c1nc(Cn2nc(-c3ccc(Cl)cc3)n(CC(O)C(F)(F)F)c2=O)n[n]1[AlH2]. The summed E-state index contributed by atoms with van der Waals surface area (Å²) in [5.74, 6) is -0.163. The Hall–Kier alpha value is -2.46. The van der Waals surface area contributed by atoms with Crippen LogP contribution in [0.1, 0.15) is 23.4 Å². The molecule has 1 atom stereocenters. The average molecular weight is 459 g/mol. The molecule has 3 aromatic rings. The lowest BCUT2D eigenvalue weighted by Gasteiger charge is -2.15. The first-order valence-electron chi connectivity index (χ1n) is 8.56. The summed E-state index contributed by atoms with van der Waals surface area (Å²) in [5.41, 5.74) is -0.562. The van der Waals surface area contributed by atoms with Crippen molar-refractivity contribution >= 4 is 33.9 Å². The lowest BCUT2D eigenvalue weighted by Crippen LogP contribution is -2.37. The van der Waals surface area contributed by atoms with Crippen molar-refractivity contribution < 1.29 is 23.1 Å². The molecule has 0 spiro atoms. The summed E-state index contributed by atoms with van der Waals surface area (Å²) >= 11 is 6.22. The van der Waals surface area contributed by atoms with Gasteiger partial charge in [-0.05, 0) is 24.3 Å². The van der Waals surface area contributed by atoms with E-state index in [1.54, 1.807) is 0 Å². The molecule has 0 radical (unpaired) electrons. The van der Waals surface area contributed by atoms with E-state index >= 15 is 0 Å². The third kappa shape index (κ3) is 4.65. The number of Topliss-reactive ketones (excluding diaryl/α,β-unsaturated/α-hetero) is 1. The molecule has 30 heavy (non-hydrogen) atoms. The minimum atomic E-state index is -4.91. The molecule has 0 amide bonds. The van der Waals surface area contributed by atoms with Gasteiger partial charge in [0.2, 0.25) is 0 Å². The first-order valence-corrected chi connectivity index (χ1v) is 9.84. The van der Waals surface area contributed by atoms with Gasteiger partial charge in [0.15, 0.2) is 29.4 Å². The molecule has 2 aromatic heterocycles. The van der Waals surface area contributed by atoms with Gasteiger partial charge in [-0.25, -0.2) is 14.5 Å². The first-order chi connectivity index (χ1) is 14.0. The fourth-order valence-electron chi connectivity index (χ4n) is 2.74. The van der Waals surface area contributed by atoms with Crippen molar-refractivity contribution in [1.29, 1.82) is 0 Å². The Balaban J connectivity index is 2.05. The molecule has 0 fully saturated rings. The second kappa shape index (κ2) is 8.35.